The summed E-state index contributed by atoms with van der Waals surface area (Å²) in [6.07, 6.45) is 3.24. The summed E-state index contributed by atoms with van der Waals surface area (Å²) >= 11 is 0. The average molecular weight is 276 g/mol. The molecule has 0 aliphatic carbocycles. The Balaban J connectivity index is 2.30. The van der Waals surface area contributed by atoms with Crippen LogP contribution in [0.3, 0.4) is 0 Å². The van der Waals surface area contributed by atoms with Gasteiger partial charge in [0.2, 0.25) is 0 Å². The monoisotopic (exact) mass is 276 g/mol. The zero-order valence-electron chi connectivity index (χ0n) is 10.9. The Morgan fingerprint density at radius 2 is 1.80 bits per heavy atom. The Labute approximate surface area is 115 Å². The second-order valence-corrected chi connectivity index (χ2v) is 4.41. The summed E-state index contributed by atoms with van der Waals surface area (Å²) < 4.78 is 28.0. The maximum Gasteiger partial charge on any atom is 0.150 e. The van der Waals surface area contributed by atoms with Crippen LogP contribution in [0.1, 0.15) is 11.1 Å². The van der Waals surface area contributed by atoms with E-state index in [4.69, 9.17) is 11.1 Å². The molecule has 1 aromatic heterocycles. The van der Waals surface area contributed by atoms with E-state index in [0.29, 0.717) is 6.54 Å². The van der Waals surface area contributed by atoms with Crippen molar-refractivity contribution in [3.05, 3.63) is 59.4 Å². The molecule has 0 atom stereocenters. The largest absolute Gasteiger partial charge is 0.384 e. The van der Waals surface area contributed by atoms with Crippen molar-refractivity contribution in [2.75, 3.05) is 11.9 Å². The number of hydrogen-bond donors (Lipinski definition) is 2. The second-order valence-electron chi connectivity index (χ2n) is 4.41. The fourth-order valence-corrected chi connectivity index (χ4v) is 1.93. The number of amidine groups is 1. The normalized spacial score (nSPS) is 10.3. The highest BCUT2D eigenvalue weighted by molar-refractivity contribution is 5.95. The zero-order valence-corrected chi connectivity index (χ0v) is 10.9. The van der Waals surface area contributed by atoms with Crippen LogP contribution >= 0.6 is 0 Å². The van der Waals surface area contributed by atoms with Gasteiger partial charge in [-0.15, -0.1) is 0 Å². The van der Waals surface area contributed by atoms with Crippen LogP contribution in [0.15, 0.2) is 36.7 Å². The molecule has 20 heavy (non-hydrogen) atoms. The Bertz CT molecular complexity index is 605. The number of nitrogens with zero attached hydrogens (tertiary/aromatic N) is 2. The summed E-state index contributed by atoms with van der Waals surface area (Å²) in [5.41, 5.74) is 6.00. The van der Waals surface area contributed by atoms with Crippen molar-refractivity contribution in [2.24, 2.45) is 5.73 Å². The number of anilines is 1. The van der Waals surface area contributed by atoms with Gasteiger partial charge in [0.15, 0.2) is 0 Å². The topological polar surface area (TPSA) is 66.0 Å². The minimum atomic E-state index is -0.744. The van der Waals surface area contributed by atoms with E-state index >= 15 is 0 Å². The summed E-state index contributed by atoms with van der Waals surface area (Å²) in [6.45, 7) is 0.343. The number of rotatable bonds is 4. The van der Waals surface area contributed by atoms with Gasteiger partial charge in [-0.05, 0) is 29.8 Å². The summed E-state index contributed by atoms with van der Waals surface area (Å²) in [6, 6.07) is 5.67. The molecule has 0 unspecified atom stereocenters. The molecule has 0 fully saturated rings. The number of nitrogen functional groups attached to an aromatic ring is 1. The molecule has 4 nitrogen and oxygen atoms in total. The first-order chi connectivity index (χ1) is 9.49. The lowest BCUT2D eigenvalue weighted by Gasteiger charge is -2.21. The molecule has 0 bridgehead atoms. The van der Waals surface area contributed by atoms with E-state index in [1.807, 2.05) is 0 Å². The van der Waals surface area contributed by atoms with Crippen LogP contribution in [0.2, 0.25) is 0 Å². The van der Waals surface area contributed by atoms with Gasteiger partial charge in [0, 0.05) is 31.5 Å². The first kappa shape index (κ1) is 13.9. The lowest BCUT2D eigenvalue weighted by atomic mass is 10.1. The van der Waals surface area contributed by atoms with Gasteiger partial charge in [-0.1, -0.05) is 0 Å². The third-order valence-electron chi connectivity index (χ3n) is 2.88. The number of hydrogen-bond acceptors (Lipinski definition) is 3. The number of halogens is 2. The Morgan fingerprint density at radius 1 is 1.25 bits per heavy atom. The molecule has 6 heteroatoms. The van der Waals surface area contributed by atoms with Crippen LogP contribution in [-0.4, -0.2) is 17.9 Å². The molecule has 0 radical (unpaired) electrons. The lowest BCUT2D eigenvalue weighted by Crippen LogP contribution is -2.20. The van der Waals surface area contributed by atoms with Crippen LogP contribution in [0.5, 0.6) is 0 Å². The smallest absolute Gasteiger partial charge is 0.150 e. The first-order valence-electron chi connectivity index (χ1n) is 5.92. The van der Waals surface area contributed by atoms with Gasteiger partial charge in [0.1, 0.15) is 23.2 Å². The zero-order chi connectivity index (χ0) is 14.7. The third kappa shape index (κ3) is 2.90. The van der Waals surface area contributed by atoms with Gasteiger partial charge >= 0.3 is 0 Å². The Kier molecular flexibility index (Phi) is 3.93. The van der Waals surface area contributed by atoms with Crippen molar-refractivity contribution in [1.29, 1.82) is 5.41 Å². The van der Waals surface area contributed by atoms with Gasteiger partial charge in [-0.25, -0.2) is 8.78 Å². The Morgan fingerprint density at radius 3 is 2.30 bits per heavy atom. The van der Waals surface area contributed by atoms with Crippen LogP contribution in [0.25, 0.3) is 0 Å². The van der Waals surface area contributed by atoms with E-state index in [1.54, 1.807) is 31.6 Å². The molecule has 2 aromatic rings. The molecule has 0 saturated heterocycles. The van der Waals surface area contributed by atoms with Gasteiger partial charge in [0.25, 0.3) is 0 Å². The van der Waals surface area contributed by atoms with Crippen molar-refractivity contribution >= 4 is 11.5 Å². The first-order valence-corrected chi connectivity index (χ1v) is 5.92. The molecule has 104 valence electrons. The molecule has 1 aromatic carbocycles. The minimum absolute atomic E-state index is 0.0288. The summed E-state index contributed by atoms with van der Waals surface area (Å²) in [5, 5.41) is 7.21. The van der Waals surface area contributed by atoms with Gasteiger partial charge in [-0.2, -0.15) is 0 Å². The quantitative estimate of drug-likeness (QED) is 0.665. The minimum Gasteiger partial charge on any atom is -0.384 e. The van der Waals surface area contributed by atoms with Crippen LogP contribution in [-0.2, 0) is 6.54 Å². The van der Waals surface area contributed by atoms with Crippen molar-refractivity contribution in [1.82, 2.24) is 4.98 Å². The molecular weight excluding hydrogens is 262 g/mol. The van der Waals surface area contributed by atoms with Crippen LogP contribution in [0, 0.1) is 17.0 Å². The van der Waals surface area contributed by atoms with E-state index in [9.17, 15) is 8.78 Å². The summed E-state index contributed by atoms with van der Waals surface area (Å²) in [7, 11) is 1.59. The highest BCUT2D eigenvalue weighted by Gasteiger charge is 2.16. The third-order valence-corrected chi connectivity index (χ3v) is 2.88. The molecule has 1 heterocycles. The molecule has 0 amide bonds. The number of benzene rings is 1. The maximum atomic E-state index is 14.0. The van der Waals surface area contributed by atoms with E-state index in [2.05, 4.69) is 4.98 Å². The number of pyridine rings is 1. The van der Waals surface area contributed by atoms with Crippen LogP contribution < -0.4 is 10.6 Å². The van der Waals surface area contributed by atoms with Crippen molar-refractivity contribution in [2.45, 2.75) is 6.54 Å². The molecular formula is C14H14F2N4. The van der Waals surface area contributed by atoms with E-state index < -0.39 is 11.6 Å². The predicted molar refractivity (Wildman–Crippen MR) is 73.7 cm³/mol. The summed E-state index contributed by atoms with van der Waals surface area (Å²) in [4.78, 5) is 5.35. The number of nitrogens with one attached hydrogen (secondary N) is 1. The standard InChI is InChI=1S/C14H14F2N4/c1-20(8-9-2-4-19-5-3-9)13-11(15)6-10(14(17)18)7-12(13)16/h2-7H,8H2,1H3,(H3,17,18). The fourth-order valence-electron chi connectivity index (χ4n) is 1.93. The van der Waals surface area contributed by atoms with E-state index in [0.717, 1.165) is 17.7 Å². The number of aromatic nitrogens is 1. The summed E-state index contributed by atoms with van der Waals surface area (Å²) in [5.74, 6) is -1.86. The highest BCUT2D eigenvalue weighted by Crippen LogP contribution is 2.25. The molecule has 3 N–H and O–H groups in total. The van der Waals surface area contributed by atoms with Gasteiger partial charge in [0.05, 0.1) is 0 Å². The van der Waals surface area contributed by atoms with Crippen molar-refractivity contribution < 1.29 is 8.78 Å². The predicted octanol–water partition coefficient (Wildman–Crippen LogP) is 2.28. The molecule has 0 aliphatic rings. The second kappa shape index (κ2) is 5.64. The fraction of sp³-hybridized carbons (Fsp3) is 0.143. The van der Waals surface area contributed by atoms with E-state index in [-0.39, 0.29) is 17.1 Å². The molecule has 2 rings (SSSR count). The molecule has 0 saturated carbocycles. The highest BCUT2D eigenvalue weighted by atomic mass is 19.1. The van der Waals surface area contributed by atoms with Crippen molar-refractivity contribution in [3.8, 4) is 0 Å². The maximum absolute atomic E-state index is 14.0. The Hall–Kier alpha value is -2.50. The molecule has 0 aliphatic heterocycles. The van der Waals surface area contributed by atoms with Gasteiger partial charge < -0.3 is 10.6 Å². The molecule has 0 spiro atoms. The lowest BCUT2D eigenvalue weighted by molar-refractivity contribution is 0.576. The van der Waals surface area contributed by atoms with E-state index in [1.165, 1.54) is 4.90 Å². The van der Waals surface area contributed by atoms with Crippen LogP contribution in [0.4, 0.5) is 14.5 Å². The SMILES string of the molecule is CN(Cc1ccncc1)c1c(F)cc(C(=N)N)cc1F. The van der Waals surface area contributed by atoms with Gasteiger partial charge in [-0.3, -0.25) is 10.4 Å². The number of nitrogens with two attached hydrogens (primary N) is 1. The van der Waals surface area contributed by atoms with Crippen molar-refractivity contribution in [3.63, 3.8) is 0 Å². The average Bonchev–Trinajstić information content (AvgIpc) is 2.38.